The van der Waals surface area contributed by atoms with Gasteiger partial charge in [0.2, 0.25) is 0 Å². The highest BCUT2D eigenvalue weighted by Gasteiger charge is 2.11. The summed E-state index contributed by atoms with van der Waals surface area (Å²) in [6.07, 6.45) is 5.57. The molecule has 0 N–H and O–H groups in total. The number of pyridine rings is 5. The Bertz CT molecular complexity index is 2930. The first kappa shape index (κ1) is 28.2. The third-order valence-electron chi connectivity index (χ3n) is 9.59. The van der Waals surface area contributed by atoms with Crippen LogP contribution in [-0.4, -0.2) is 24.9 Å². The van der Waals surface area contributed by atoms with Crippen LogP contribution in [0.3, 0.4) is 0 Å². The normalized spacial score (nSPS) is 11.6. The van der Waals surface area contributed by atoms with Crippen LogP contribution in [0.4, 0.5) is 0 Å². The highest BCUT2D eigenvalue weighted by Crippen LogP contribution is 2.32. The Labute approximate surface area is 287 Å². The van der Waals surface area contributed by atoms with Gasteiger partial charge in [0.15, 0.2) is 0 Å². The molecular formula is C45H27N5. The summed E-state index contributed by atoms with van der Waals surface area (Å²) in [6.45, 7) is 0. The van der Waals surface area contributed by atoms with Crippen LogP contribution in [0.15, 0.2) is 164 Å². The van der Waals surface area contributed by atoms with E-state index in [-0.39, 0.29) is 0 Å². The van der Waals surface area contributed by atoms with Crippen LogP contribution in [0.2, 0.25) is 0 Å². The number of hydrogen-bond acceptors (Lipinski definition) is 5. The summed E-state index contributed by atoms with van der Waals surface area (Å²) in [5, 5.41) is 6.62. The zero-order valence-corrected chi connectivity index (χ0v) is 26.8. The van der Waals surface area contributed by atoms with E-state index >= 15 is 0 Å². The van der Waals surface area contributed by atoms with Crippen LogP contribution in [0.1, 0.15) is 0 Å². The summed E-state index contributed by atoms with van der Waals surface area (Å²) < 4.78 is 0. The topological polar surface area (TPSA) is 64.5 Å². The Morgan fingerprint density at radius 3 is 1.66 bits per heavy atom. The van der Waals surface area contributed by atoms with E-state index in [2.05, 4.69) is 143 Å². The van der Waals surface area contributed by atoms with Crippen molar-refractivity contribution in [3.05, 3.63) is 164 Å². The molecule has 50 heavy (non-hydrogen) atoms. The molecule has 0 saturated heterocycles. The molecule has 5 aromatic carbocycles. The van der Waals surface area contributed by atoms with Gasteiger partial charge in [-0.05, 0) is 59.0 Å². The average molecular weight is 638 g/mol. The van der Waals surface area contributed by atoms with E-state index in [1.807, 2.05) is 30.7 Å². The van der Waals surface area contributed by atoms with E-state index in [1.54, 1.807) is 0 Å². The van der Waals surface area contributed by atoms with Gasteiger partial charge in [0.25, 0.3) is 0 Å². The molecule has 5 heterocycles. The Hall–Kier alpha value is -6.85. The average Bonchev–Trinajstić information content (AvgIpc) is 3.19. The second-order valence-corrected chi connectivity index (χ2v) is 12.6. The summed E-state index contributed by atoms with van der Waals surface area (Å²) in [4.78, 5) is 24.2. The van der Waals surface area contributed by atoms with E-state index in [4.69, 9.17) is 15.0 Å². The molecule has 5 heteroatoms. The van der Waals surface area contributed by atoms with E-state index < -0.39 is 0 Å². The molecule has 232 valence electrons. The van der Waals surface area contributed by atoms with Gasteiger partial charge < -0.3 is 0 Å². The molecule has 0 radical (unpaired) electrons. The molecule has 10 rings (SSSR count). The van der Waals surface area contributed by atoms with Crippen molar-refractivity contribution in [1.82, 2.24) is 24.9 Å². The predicted molar refractivity (Wildman–Crippen MR) is 205 cm³/mol. The van der Waals surface area contributed by atoms with Crippen molar-refractivity contribution < 1.29 is 0 Å². The lowest BCUT2D eigenvalue weighted by Crippen LogP contribution is -1.90. The number of benzene rings is 5. The van der Waals surface area contributed by atoms with Gasteiger partial charge in [-0.3, -0.25) is 9.97 Å². The van der Waals surface area contributed by atoms with Crippen LogP contribution in [-0.2, 0) is 0 Å². The monoisotopic (exact) mass is 637 g/mol. The van der Waals surface area contributed by atoms with Crippen LogP contribution >= 0.6 is 0 Å². The summed E-state index contributed by atoms with van der Waals surface area (Å²) in [7, 11) is 0. The largest absolute Gasteiger partial charge is 0.264 e. The van der Waals surface area contributed by atoms with Gasteiger partial charge in [-0.15, -0.1) is 0 Å². The second-order valence-electron chi connectivity index (χ2n) is 12.6. The van der Waals surface area contributed by atoms with Gasteiger partial charge in [0.05, 0.1) is 39.1 Å². The molecular weight excluding hydrogens is 611 g/mol. The maximum Gasteiger partial charge on any atom is 0.0972 e. The Balaban J connectivity index is 0.976. The summed E-state index contributed by atoms with van der Waals surface area (Å²) >= 11 is 0. The molecule has 0 aliphatic rings. The minimum absolute atomic E-state index is 0.918. The highest BCUT2D eigenvalue weighted by atomic mass is 14.8. The predicted octanol–water partition coefficient (Wildman–Crippen LogP) is 11.1. The lowest BCUT2D eigenvalue weighted by molar-refractivity contribution is 1.35. The first-order chi connectivity index (χ1) is 24.7. The van der Waals surface area contributed by atoms with Crippen molar-refractivity contribution in [2.24, 2.45) is 0 Å². The molecule has 0 aliphatic heterocycles. The van der Waals surface area contributed by atoms with Crippen molar-refractivity contribution >= 4 is 54.4 Å². The number of nitrogens with zero attached hydrogens (tertiary/aromatic N) is 5. The molecule has 5 aromatic heterocycles. The van der Waals surface area contributed by atoms with Crippen molar-refractivity contribution in [2.75, 3.05) is 0 Å². The Morgan fingerprint density at radius 1 is 0.360 bits per heavy atom. The molecule has 0 amide bonds. The summed E-state index contributed by atoms with van der Waals surface area (Å²) in [5.74, 6) is 0. The van der Waals surface area contributed by atoms with Crippen molar-refractivity contribution in [3.63, 3.8) is 0 Å². The molecule has 0 saturated carbocycles. The summed E-state index contributed by atoms with van der Waals surface area (Å²) in [5.41, 5.74) is 11.9. The molecule has 10 aromatic rings. The van der Waals surface area contributed by atoms with E-state index in [9.17, 15) is 0 Å². The molecule has 0 aliphatic carbocycles. The SMILES string of the molecule is c1cc(-c2ccc3ccc(-c4ccc5ccc(-c6ccc(-c7ccc8ccc9cccnc9c8n7)cc6)nc5c4)cc3n2)c2cnccc2c1. The quantitative estimate of drug-likeness (QED) is 0.180. The molecule has 0 unspecified atom stereocenters. The van der Waals surface area contributed by atoms with Crippen molar-refractivity contribution in [1.29, 1.82) is 0 Å². The third kappa shape index (κ3) is 4.83. The number of fused-ring (bicyclic) bond motifs is 6. The molecule has 0 atom stereocenters. The lowest BCUT2D eigenvalue weighted by Gasteiger charge is -2.10. The van der Waals surface area contributed by atoms with Gasteiger partial charge >= 0.3 is 0 Å². The molecule has 0 fully saturated rings. The smallest absolute Gasteiger partial charge is 0.0972 e. The highest BCUT2D eigenvalue weighted by molar-refractivity contribution is 6.03. The van der Waals surface area contributed by atoms with Crippen LogP contribution < -0.4 is 0 Å². The lowest BCUT2D eigenvalue weighted by atomic mass is 10.00. The van der Waals surface area contributed by atoms with E-state index in [0.29, 0.717) is 0 Å². The van der Waals surface area contributed by atoms with Gasteiger partial charge in [-0.2, -0.15) is 0 Å². The third-order valence-corrected chi connectivity index (χ3v) is 9.59. The van der Waals surface area contributed by atoms with Gasteiger partial charge in [0.1, 0.15) is 0 Å². The first-order valence-corrected chi connectivity index (χ1v) is 16.6. The minimum Gasteiger partial charge on any atom is -0.264 e. The summed E-state index contributed by atoms with van der Waals surface area (Å²) in [6, 6.07) is 50.7. The zero-order chi connectivity index (χ0) is 33.0. The Morgan fingerprint density at radius 2 is 0.920 bits per heavy atom. The fourth-order valence-corrected chi connectivity index (χ4v) is 6.94. The fourth-order valence-electron chi connectivity index (χ4n) is 6.94. The van der Waals surface area contributed by atoms with Gasteiger partial charge in [-0.1, -0.05) is 103 Å². The first-order valence-electron chi connectivity index (χ1n) is 16.6. The Kier molecular flexibility index (Phi) is 6.42. The van der Waals surface area contributed by atoms with E-state index in [1.165, 1.54) is 0 Å². The van der Waals surface area contributed by atoms with Crippen LogP contribution in [0.5, 0.6) is 0 Å². The maximum absolute atomic E-state index is 5.11. The second kappa shape index (κ2) is 11.4. The number of aromatic nitrogens is 5. The molecule has 0 spiro atoms. The maximum atomic E-state index is 5.11. The van der Waals surface area contributed by atoms with Crippen LogP contribution in [0.25, 0.3) is 99.3 Å². The van der Waals surface area contributed by atoms with Crippen LogP contribution in [0, 0.1) is 0 Å². The van der Waals surface area contributed by atoms with E-state index in [0.717, 1.165) is 99.3 Å². The minimum atomic E-state index is 0.918. The van der Waals surface area contributed by atoms with Gasteiger partial charge in [-0.25, -0.2) is 15.0 Å². The number of hydrogen-bond donors (Lipinski definition) is 0. The fraction of sp³-hybridized carbons (Fsp3) is 0. The number of rotatable bonds is 4. The van der Waals surface area contributed by atoms with Crippen molar-refractivity contribution in [3.8, 4) is 44.9 Å². The van der Waals surface area contributed by atoms with Crippen molar-refractivity contribution in [2.45, 2.75) is 0 Å². The molecule has 0 bridgehead atoms. The zero-order valence-electron chi connectivity index (χ0n) is 26.8. The van der Waals surface area contributed by atoms with Gasteiger partial charge in [0, 0.05) is 62.2 Å². The standard InChI is InChI=1S/C45H27N5/c1-3-28-22-24-46-27-38(28)37(5-1)41-21-17-32-11-15-36(26-43(32)49-41)35-14-10-31-16-19-39(48-42(31)25-35)29-6-8-30(9-7-29)40-20-18-34-13-12-33-4-2-23-47-44(33)45(34)50-40/h1-27H. The molecule has 5 nitrogen and oxygen atoms in total.